The van der Waals surface area contributed by atoms with E-state index in [0.717, 1.165) is 0 Å². The van der Waals surface area contributed by atoms with E-state index in [4.69, 9.17) is 0 Å². The molecule has 8 nitrogen and oxygen atoms in total. The molecule has 2 atom stereocenters. The van der Waals surface area contributed by atoms with Gasteiger partial charge in [-0.2, -0.15) is 18.3 Å². The number of carbonyl (C=O) groups excluding carboxylic acids is 2. The average Bonchev–Trinajstić information content (AvgIpc) is 3.49. The third kappa shape index (κ3) is 7.16. The molecule has 0 spiro atoms. The summed E-state index contributed by atoms with van der Waals surface area (Å²) in [6.45, 7) is 3.69. The Bertz CT molecular complexity index is 1340. The number of nitrogens with one attached hydrogen (secondary N) is 3. The molecule has 3 aromatic rings. The Morgan fingerprint density at radius 1 is 1.15 bits per heavy atom. The molecule has 1 aromatic carbocycles. The van der Waals surface area contributed by atoms with Crippen LogP contribution in [0.5, 0.6) is 0 Å². The maximum Gasteiger partial charge on any atom is 0.389 e. The molecular formula is C27H33F5N6O2. The van der Waals surface area contributed by atoms with Gasteiger partial charge in [0, 0.05) is 32.5 Å². The first-order valence-corrected chi connectivity index (χ1v) is 13.2. The van der Waals surface area contributed by atoms with Gasteiger partial charge in [-0.05, 0) is 48.4 Å². The van der Waals surface area contributed by atoms with Crippen LogP contribution >= 0.6 is 0 Å². The fourth-order valence-electron chi connectivity index (χ4n) is 5.14. The first-order valence-electron chi connectivity index (χ1n) is 13.2. The first-order chi connectivity index (χ1) is 18.7. The topological polar surface area (TPSA) is 105 Å². The number of carbonyl (C=O) groups is 2. The molecule has 1 aliphatic carbocycles. The van der Waals surface area contributed by atoms with Gasteiger partial charge in [0.2, 0.25) is 11.8 Å². The summed E-state index contributed by atoms with van der Waals surface area (Å²) >= 11 is 0. The van der Waals surface area contributed by atoms with Crippen molar-refractivity contribution < 1.29 is 31.5 Å². The average molecular weight is 569 g/mol. The van der Waals surface area contributed by atoms with E-state index in [1.165, 1.54) is 10.9 Å². The number of aryl methyl sites for hydroxylation is 1. The zero-order chi connectivity index (χ0) is 29.2. The molecule has 218 valence electrons. The maximum absolute atomic E-state index is 13.9. The van der Waals surface area contributed by atoms with Crippen molar-refractivity contribution in [3.8, 4) is 0 Å². The molecule has 0 unspecified atom stereocenters. The number of H-pyrrole nitrogens is 1. The lowest BCUT2D eigenvalue weighted by molar-refractivity contribution is -0.144. The van der Waals surface area contributed by atoms with Crippen molar-refractivity contribution in [2.24, 2.45) is 18.9 Å². The van der Waals surface area contributed by atoms with E-state index in [9.17, 15) is 31.5 Å². The fraction of sp³-hybridized carbons (Fsp3) is 0.556. The number of alkyl halides is 5. The van der Waals surface area contributed by atoms with Crippen molar-refractivity contribution in [1.29, 1.82) is 0 Å². The number of halogens is 5. The molecule has 40 heavy (non-hydrogen) atoms. The van der Waals surface area contributed by atoms with E-state index >= 15 is 0 Å². The van der Waals surface area contributed by atoms with Crippen LogP contribution in [0.2, 0.25) is 0 Å². The predicted molar refractivity (Wildman–Crippen MR) is 137 cm³/mol. The molecule has 1 fully saturated rings. The van der Waals surface area contributed by atoms with E-state index in [1.807, 2.05) is 13.8 Å². The van der Waals surface area contributed by atoms with Crippen LogP contribution < -0.4 is 10.6 Å². The van der Waals surface area contributed by atoms with Crippen LogP contribution in [0, 0.1) is 11.8 Å². The SMILES string of the molecule is CC(C)[C@@H](NC(=O)CCC(F)(F)F)c1ccc2nc([C@@H](NC(=O)c3ccnn3C)C3CCC(F)(F)CC3)[nH]c2c1. The quantitative estimate of drug-likeness (QED) is 0.286. The van der Waals surface area contributed by atoms with Gasteiger partial charge in [0.25, 0.3) is 5.91 Å². The number of rotatable bonds is 9. The molecule has 13 heteroatoms. The zero-order valence-corrected chi connectivity index (χ0v) is 22.5. The van der Waals surface area contributed by atoms with E-state index < -0.39 is 48.8 Å². The molecule has 0 saturated heterocycles. The minimum Gasteiger partial charge on any atom is -0.349 e. The van der Waals surface area contributed by atoms with Crippen LogP contribution in [0.4, 0.5) is 22.0 Å². The van der Waals surface area contributed by atoms with E-state index in [-0.39, 0.29) is 37.5 Å². The molecule has 2 aromatic heterocycles. The molecule has 4 rings (SSSR count). The zero-order valence-electron chi connectivity index (χ0n) is 22.5. The molecule has 0 radical (unpaired) electrons. The van der Waals surface area contributed by atoms with Crippen LogP contribution in [0.15, 0.2) is 30.5 Å². The number of aromatic nitrogens is 4. The largest absolute Gasteiger partial charge is 0.389 e. The first kappa shape index (κ1) is 29.5. The number of hydrogen-bond acceptors (Lipinski definition) is 4. The van der Waals surface area contributed by atoms with Crippen molar-refractivity contribution >= 4 is 22.8 Å². The highest BCUT2D eigenvalue weighted by atomic mass is 19.4. The molecule has 2 heterocycles. The van der Waals surface area contributed by atoms with Crippen LogP contribution in [-0.2, 0) is 11.8 Å². The fourth-order valence-corrected chi connectivity index (χ4v) is 5.14. The highest BCUT2D eigenvalue weighted by Gasteiger charge is 2.39. The van der Waals surface area contributed by atoms with Crippen molar-refractivity contribution in [3.05, 3.63) is 47.5 Å². The second kappa shape index (κ2) is 11.5. The Morgan fingerprint density at radius 2 is 1.85 bits per heavy atom. The summed E-state index contributed by atoms with van der Waals surface area (Å²) in [4.78, 5) is 33.2. The maximum atomic E-state index is 13.9. The van der Waals surface area contributed by atoms with Crippen LogP contribution in [0.1, 0.15) is 86.3 Å². The summed E-state index contributed by atoms with van der Waals surface area (Å²) in [5.74, 6) is -3.85. The molecule has 1 aliphatic rings. The third-order valence-corrected chi connectivity index (χ3v) is 7.37. The number of imidazole rings is 1. The minimum atomic E-state index is -4.42. The van der Waals surface area contributed by atoms with Gasteiger partial charge in [-0.1, -0.05) is 19.9 Å². The normalized spacial score (nSPS) is 17.6. The van der Waals surface area contributed by atoms with Gasteiger partial charge in [-0.15, -0.1) is 0 Å². The second-order valence-corrected chi connectivity index (χ2v) is 10.8. The molecule has 0 bridgehead atoms. The van der Waals surface area contributed by atoms with Crippen LogP contribution in [-0.4, -0.2) is 43.7 Å². The number of aromatic amines is 1. The highest BCUT2D eigenvalue weighted by molar-refractivity contribution is 5.92. The lowest BCUT2D eigenvalue weighted by atomic mass is 9.81. The Kier molecular flexibility index (Phi) is 8.50. The summed E-state index contributed by atoms with van der Waals surface area (Å²) in [7, 11) is 1.63. The van der Waals surface area contributed by atoms with Gasteiger partial charge in [0.15, 0.2) is 0 Å². The smallest absolute Gasteiger partial charge is 0.349 e. The van der Waals surface area contributed by atoms with Gasteiger partial charge in [0.1, 0.15) is 11.5 Å². The summed E-state index contributed by atoms with van der Waals surface area (Å²) in [5, 5.41) is 9.67. The molecular weight excluding hydrogens is 535 g/mol. The number of hydrogen-bond donors (Lipinski definition) is 3. The Morgan fingerprint density at radius 3 is 2.45 bits per heavy atom. The van der Waals surface area contributed by atoms with Gasteiger partial charge in [-0.25, -0.2) is 13.8 Å². The van der Waals surface area contributed by atoms with Crippen molar-refractivity contribution in [2.75, 3.05) is 0 Å². The van der Waals surface area contributed by atoms with Crippen LogP contribution in [0.25, 0.3) is 11.0 Å². The lowest BCUT2D eigenvalue weighted by Crippen LogP contribution is -2.38. The predicted octanol–water partition coefficient (Wildman–Crippen LogP) is 5.75. The second-order valence-electron chi connectivity index (χ2n) is 10.8. The summed E-state index contributed by atoms with van der Waals surface area (Å²) in [6.07, 6.45) is -4.98. The van der Waals surface area contributed by atoms with Gasteiger partial charge >= 0.3 is 6.18 Å². The summed E-state index contributed by atoms with van der Waals surface area (Å²) < 4.78 is 67.0. The Labute approximate surface area is 228 Å². The molecule has 2 amide bonds. The summed E-state index contributed by atoms with van der Waals surface area (Å²) in [5.41, 5.74) is 2.13. The van der Waals surface area contributed by atoms with Crippen molar-refractivity contribution in [2.45, 2.75) is 76.6 Å². The highest BCUT2D eigenvalue weighted by Crippen LogP contribution is 2.41. The Balaban J connectivity index is 1.60. The van der Waals surface area contributed by atoms with E-state index in [2.05, 4.69) is 25.7 Å². The molecule has 0 aliphatic heterocycles. The van der Waals surface area contributed by atoms with E-state index in [1.54, 1.807) is 31.3 Å². The van der Waals surface area contributed by atoms with Gasteiger partial charge in [0.05, 0.1) is 29.5 Å². The van der Waals surface area contributed by atoms with Crippen molar-refractivity contribution in [3.63, 3.8) is 0 Å². The minimum absolute atomic E-state index is 0.121. The Hall–Kier alpha value is -3.51. The molecule has 1 saturated carbocycles. The monoisotopic (exact) mass is 568 g/mol. The van der Waals surface area contributed by atoms with Gasteiger partial charge < -0.3 is 15.6 Å². The number of fused-ring (bicyclic) bond motifs is 1. The van der Waals surface area contributed by atoms with E-state index in [0.29, 0.717) is 28.1 Å². The standard InChI is InChI=1S/C27H33F5N6O2/c1-15(2)22(36-21(39)8-12-27(30,31)32)17-4-5-18-19(14-17)35-24(34-18)23(16-6-10-26(28,29)11-7-16)37-25(40)20-9-13-33-38(20)3/h4-5,9,13-16,22-23H,6-8,10-12H2,1-3H3,(H,34,35)(H,36,39)(H,37,40)/t22-,23+/m1/s1. The summed E-state index contributed by atoms with van der Waals surface area (Å²) in [6, 6.07) is 5.56. The number of nitrogens with zero attached hydrogens (tertiary/aromatic N) is 3. The third-order valence-electron chi connectivity index (χ3n) is 7.37. The number of amides is 2. The lowest BCUT2D eigenvalue weighted by Gasteiger charge is -2.33. The van der Waals surface area contributed by atoms with Gasteiger partial charge in [-0.3, -0.25) is 14.3 Å². The van der Waals surface area contributed by atoms with Crippen molar-refractivity contribution in [1.82, 2.24) is 30.4 Å². The number of benzene rings is 1. The molecule has 3 N–H and O–H groups in total. The van der Waals surface area contributed by atoms with Crippen LogP contribution in [0.3, 0.4) is 0 Å².